The zero-order valence-corrected chi connectivity index (χ0v) is 12.9. The summed E-state index contributed by atoms with van der Waals surface area (Å²) < 4.78 is 30.3. The molecular formula is C16H20O3S. The fraction of sp³-hybridized carbons (Fsp3) is 0.500. The summed E-state index contributed by atoms with van der Waals surface area (Å²) in [6, 6.07) is 6.94. The van der Waals surface area contributed by atoms with Crippen LogP contribution in [0.2, 0.25) is 0 Å². The predicted molar refractivity (Wildman–Crippen MR) is 77.5 cm³/mol. The second-order valence-electron chi connectivity index (χ2n) is 6.45. The minimum absolute atomic E-state index is 0.158. The minimum atomic E-state index is -3.72. The van der Waals surface area contributed by atoms with Crippen LogP contribution in [-0.2, 0) is 14.3 Å². The maximum absolute atomic E-state index is 12.4. The fourth-order valence-corrected chi connectivity index (χ4v) is 4.64. The molecule has 3 aliphatic rings. The summed E-state index contributed by atoms with van der Waals surface area (Å²) in [4.78, 5) is 0.264. The van der Waals surface area contributed by atoms with Gasteiger partial charge in [0.15, 0.2) is 0 Å². The van der Waals surface area contributed by atoms with Gasteiger partial charge in [0.05, 0.1) is 0 Å². The van der Waals surface area contributed by atoms with Crippen molar-refractivity contribution in [1.29, 1.82) is 0 Å². The molecule has 1 saturated carbocycles. The Balaban J connectivity index is 1.89. The Bertz CT molecular complexity index is 671. The molecule has 0 radical (unpaired) electrons. The lowest BCUT2D eigenvalue weighted by Gasteiger charge is -2.55. The molecule has 0 heterocycles. The van der Waals surface area contributed by atoms with E-state index in [1.54, 1.807) is 25.1 Å². The van der Waals surface area contributed by atoms with Gasteiger partial charge in [0.1, 0.15) is 10.7 Å². The molecule has 20 heavy (non-hydrogen) atoms. The van der Waals surface area contributed by atoms with Gasteiger partial charge >= 0.3 is 10.1 Å². The quantitative estimate of drug-likeness (QED) is 0.799. The lowest BCUT2D eigenvalue weighted by molar-refractivity contribution is -0.0281. The summed E-state index contributed by atoms with van der Waals surface area (Å²) >= 11 is 0. The third kappa shape index (κ3) is 1.97. The molecule has 4 heteroatoms. The monoisotopic (exact) mass is 292 g/mol. The summed E-state index contributed by atoms with van der Waals surface area (Å²) in [5.41, 5.74) is 0.875. The molecule has 0 aromatic heterocycles. The molecule has 0 aliphatic heterocycles. The van der Waals surface area contributed by atoms with E-state index in [4.69, 9.17) is 4.18 Å². The normalized spacial score (nSPS) is 27.4. The largest absolute Gasteiger partial charge is 0.384 e. The van der Waals surface area contributed by atoms with Gasteiger partial charge in [0, 0.05) is 5.92 Å². The van der Waals surface area contributed by atoms with Crippen molar-refractivity contribution < 1.29 is 12.6 Å². The van der Waals surface area contributed by atoms with Crippen LogP contribution in [0.15, 0.2) is 41.0 Å². The molecule has 108 valence electrons. The Hall–Kier alpha value is -1.29. The van der Waals surface area contributed by atoms with Crippen molar-refractivity contribution in [2.75, 3.05) is 0 Å². The van der Waals surface area contributed by atoms with Crippen molar-refractivity contribution in [2.24, 2.45) is 17.3 Å². The fourth-order valence-electron chi connectivity index (χ4n) is 3.40. The number of rotatable bonds is 3. The van der Waals surface area contributed by atoms with Crippen molar-refractivity contribution in [3.63, 3.8) is 0 Å². The lowest BCUT2D eigenvalue weighted by atomic mass is 9.50. The molecule has 2 atom stereocenters. The summed E-state index contributed by atoms with van der Waals surface area (Å²) in [6.07, 6.45) is 3.92. The molecule has 2 bridgehead atoms. The Labute approximate surface area is 120 Å². The van der Waals surface area contributed by atoms with Crippen molar-refractivity contribution in [1.82, 2.24) is 0 Å². The highest BCUT2D eigenvalue weighted by Gasteiger charge is 2.53. The van der Waals surface area contributed by atoms with Crippen LogP contribution in [-0.4, -0.2) is 8.42 Å². The maximum atomic E-state index is 12.4. The Morgan fingerprint density at radius 2 is 1.95 bits per heavy atom. The van der Waals surface area contributed by atoms with Crippen molar-refractivity contribution in [3.8, 4) is 0 Å². The number of benzene rings is 1. The summed E-state index contributed by atoms with van der Waals surface area (Å²) in [5.74, 6) is 1.54. The van der Waals surface area contributed by atoms with E-state index in [1.165, 1.54) is 0 Å². The van der Waals surface area contributed by atoms with E-state index in [0.29, 0.717) is 11.7 Å². The van der Waals surface area contributed by atoms with E-state index in [0.717, 1.165) is 18.4 Å². The first-order valence-corrected chi connectivity index (χ1v) is 8.43. The number of fused-ring (bicyclic) bond motifs is 1. The zero-order chi connectivity index (χ0) is 14.5. The average Bonchev–Trinajstić information content (AvgIpc) is 2.38. The molecule has 0 amide bonds. The molecule has 1 fully saturated rings. The first kappa shape index (κ1) is 13.7. The summed E-state index contributed by atoms with van der Waals surface area (Å²) in [6.45, 7) is 6.18. The van der Waals surface area contributed by atoms with E-state index in [-0.39, 0.29) is 16.2 Å². The van der Waals surface area contributed by atoms with Crippen LogP contribution in [0.3, 0.4) is 0 Å². The van der Waals surface area contributed by atoms with Crippen molar-refractivity contribution >= 4 is 10.1 Å². The van der Waals surface area contributed by atoms with Gasteiger partial charge in [-0.25, -0.2) is 0 Å². The van der Waals surface area contributed by atoms with E-state index in [2.05, 4.69) is 13.8 Å². The Morgan fingerprint density at radius 1 is 1.25 bits per heavy atom. The van der Waals surface area contributed by atoms with Gasteiger partial charge < -0.3 is 4.18 Å². The number of allylic oxidation sites excluding steroid dienone is 2. The molecule has 0 N–H and O–H groups in total. The highest BCUT2D eigenvalue weighted by atomic mass is 32.2. The second kappa shape index (κ2) is 4.35. The van der Waals surface area contributed by atoms with Crippen molar-refractivity contribution in [3.05, 3.63) is 41.7 Å². The maximum Gasteiger partial charge on any atom is 0.339 e. The van der Waals surface area contributed by atoms with Crippen LogP contribution in [0.25, 0.3) is 0 Å². The van der Waals surface area contributed by atoms with Gasteiger partial charge in [-0.1, -0.05) is 32.0 Å². The predicted octanol–water partition coefficient (Wildman–Crippen LogP) is 3.65. The number of hydrogen-bond acceptors (Lipinski definition) is 3. The summed E-state index contributed by atoms with van der Waals surface area (Å²) in [5, 5.41) is 0. The number of aryl methyl sites for hydroxylation is 1. The van der Waals surface area contributed by atoms with Crippen molar-refractivity contribution in [2.45, 2.75) is 38.5 Å². The highest BCUT2D eigenvalue weighted by Crippen LogP contribution is 2.59. The highest BCUT2D eigenvalue weighted by molar-refractivity contribution is 7.87. The molecule has 3 nitrogen and oxygen atoms in total. The van der Waals surface area contributed by atoms with Crippen LogP contribution in [0.5, 0.6) is 0 Å². The first-order chi connectivity index (χ1) is 9.32. The van der Waals surface area contributed by atoms with Gasteiger partial charge in [-0.3, -0.25) is 0 Å². The van der Waals surface area contributed by atoms with Gasteiger partial charge in [0.25, 0.3) is 0 Å². The van der Waals surface area contributed by atoms with Crippen LogP contribution in [0, 0.1) is 24.2 Å². The van der Waals surface area contributed by atoms with E-state index in [9.17, 15) is 8.42 Å². The van der Waals surface area contributed by atoms with Gasteiger partial charge in [0.2, 0.25) is 0 Å². The minimum Gasteiger partial charge on any atom is -0.384 e. The molecule has 4 rings (SSSR count). The van der Waals surface area contributed by atoms with E-state index >= 15 is 0 Å². The second-order valence-corrected chi connectivity index (χ2v) is 7.97. The standard InChI is InChI=1S/C16H20O3S/c1-11-6-4-5-7-15(11)20(17,18)19-14-9-8-12-10-13(14)16(12,2)3/h4-7,9,12-13H,8,10H2,1-3H3/t12-,13-/m0/s1. The zero-order valence-electron chi connectivity index (χ0n) is 12.1. The Morgan fingerprint density at radius 3 is 2.55 bits per heavy atom. The van der Waals surface area contributed by atoms with Gasteiger partial charge in [-0.15, -0.1) is 0 Å². The lowest BCUT2D eigenvalue weighted by Crippen LogP contribution is -2.48. The molecule has 0 saturated heterocycles. The third-order valence-corrected chi connectivity index (χ3v) is 6.39. The topological polar surface area (TPSA) is 43.4 Å². The molecule has 1 aromatic rings. The van der Waals surface area contributed by atoms with Crippen LogP contribution in [0.4, 0.5) is 0 Å². The van der Waals surface area contributed by atoms with Crippen LogP contribution in [0.1, 0.15) is 32.3 Å². The van der Waals surface area contributed by atoms with E-state index < -0.39 is 10.1 Å². The molecule has 1 aromatic carbocycles. The average molecular weight is 292 g/mol. The van der Waals surface area contributed by atoms with Crippen LogP contribution >= 0.6 is 0 Å². The molecule has 0 spiro atoms. The molecule has 0 unspecified atom stereocenters. The molecular weight excluding hydrogens is 272 g/mol. The SMILES string of the molecule is Cc1ccccc1S(=O)(=O)OC1=CC[C@H]2C[C@@H]1C2(C)C. The third-order valence-electron chi connectivity index (χ3n) is 4.99. The van der Waals surface area contributed by atoms with E-state index in [1.807, 2.05) is 12.1 Å². The Kier molecular flexibility index (Phi) is 2.98. The molecule has 3 aliphatic carbocycles. The van der Waals surface area contributed by atoms with Crippen LogP contribution < -0.4 is 0 Å². The first-order valence-electron chi connectivity index (χ1n) is 7.02. The number of hydrogen-bond donors (Lipinski definition) is 0. The smallest absolute Gasteiger partial charge is 0.339 e. The van der Waals surface area contributed by atoms with Gasteiger partial charge in [-0.2, -0.15) is 8.42 Å². The van der Waals surface area contributed by atoms with Gasteiger partial charge in [-0.05, 0) is 48.8 Å². The summed E-state index contributed by atoms with van der Waals surface area (Å²) in [7, 11) is -3.72.